The summed E-state index contributed by atoms with van der Waals surface area (Å²) in [5.41, 5.74) is 0.817. The van der Waals surface area contributed by atoms with Crippen molar-refractivity contribution in [3.63, 3.8) is 0 Å². The highest BCUT2D eigenvalue weighted by molar-refractivity contribution is 6.11. The van der Waals surface area contributed by atoms with E-state index in [-0.39, 0.29) is 28.0 Å². The lowest BCUT2D eigenvalue weighted by molar-refractivity contribution is 0.394. The van der Waals surface area contributed by atoms with Crippen molar-refractivity contribution in [3.05, 3.63) is 53.1 Å². The number of ether oxygens (including phenoxy) is 3. The minimum absolute atomic E-state index is 0.00785. The van der Waals surface area contributed by atoms with E-state index >= 15 is 0 Å². The van der Waals surface area contributed by atoms with E-state index in [4.69, 9.17) is 23.0 Å². The molecule has 0 radical (unpaired) electrons. The SMILES string of the molecule is C=C(C)c1cc2c(OC)c3c(O)c(-c4ccc(OC)cc4)c(=O)oc3c(OC)c2o1. The first kappa shape index (κ1) is 19.4. The highest BCUT2D eigenvalue weighted by Gasteiger charge is 2.27. The Morgan fingerprint density at radius 2 is 1.63 bits per heavy atom. The maximum atomic E-state index is 12.8. The molecule has 154 valence electrons. The molecule has 4 aromatic rings. The Morgan fingerprint density at radius 1 is 0.967 bits per heavy atom. The molecule has 0 aliphatic heterocycles. The predicted octanol–water partition coefficient (Wildman–Crippen LogP) is 4.97. The molecule has 1 N–H and O–H groups in total. The summed E-state index contributed by atoms with van der Waals surface area (Å²) in [5, 5.41) is 11.9. The lowest BCUT2D eigenvalue weighted by Gasteiger charge is -2.13. The molecule has 0 saturated carbocycles. The third-order valence-electron chi connectivity index (χ3n) is 4.92. The van der Waals surface area contributed by atoms with E-state index in [0.29, 0.717) is 39.4 Å². The fourth-order valence-corrected chi connectivity index (χ4v) is 3.48. The molecule has 2 aromatic carbocycles. The zero-order valence-electron chi connectivity index (χ0n) is 17.0. The predicted molar refractivity (Wildman–Crippen MR) is 114 cm³/mol. The van der Waals surface area contributed by atoms with Crippen LogP contribution >= 0.6 is 0 Å². The Kier molecular flexibility index (Phi) is 4.66. The summed E-state index contributed by atoms with van der Waals surface area (Å²) in [5.74, 6) is 1.35. The normalized spacial score (nSPS) is 11.1. The van der Waals surface area contributed by atoms with Gasteiger partial charge in [-0.25, -0.2) is 4.79 Å². The van der Waals surface area contributed by atoms with Gasteiger partial charge in [-0.3, -0.25) is 0 Å². The average molecular weight is 408 g/mol. The summed E-state index contributed by atoms with van der Waals surface area (Å²) in [7, 11) is 4.44. The topological polar surface area (TPSA) is 91.3 Å². The second-order valence-corrected chi connectivity index (χ2v) is 6.75. The van der Waals surface area contributed by atoms with Crippen molar-refractivity contribution in [2.75, 3.05) is 21.3 Å². The zero-order chi connectivity index (χ0) is 21.6. The summed E-state index contributed by atoms with van der Waals surface area (Å²) in [6, 6.07) is 8.45. The van der Waals surface area contributed by atoms with Gasteiger partial charge in [-0.2, -0.15) is 0 Å². The number of furan rings is 1. The fourth-order valence-electron chi connectivity index (χ4n) is 3.48. The molecule has 0 bridgehead atoms. The lowest BCUT2D eigenvalue weighted by Crippen LogP contribution is -2.05. The van der Waals surface area contributed by atoms with Crippen LogP contribution in [0.5, 0.6) is 23.0 Å². The van der Waals surface area contributed by atoms with E-state index in [1.807, 2.05) is 0 Å². The van der Waals surface area contributed by atoms with Crippen molar-refractivity contribution in [1.82, 2.24) is 0 Å². The second-order valence-electron chi connectivity index (χ2n) is 6.75. The van der Waals surface area contributed by atoms with E-state index < -0.39 is 5.63 Å². The van der Waals surface area contributed by atoms with Gasteiger partial charge in [0.15, 0.2) is 11.2 Å². The Bertz CT molecular complexity index is 1340. The molecule has 0 unspecified atom stereocenters. The van der Waals surface area contributed by atoms with Crippen molar-refractivity contribution in [3.8, 4) is 34.1 Å². The minimum atomic E-state index is -0.725. The van der Waals surface area contributed by atoms with Crippen LogP contribution < -0.4 is 19.8 Å². The maximum absolute atomic E-state index is 12.8. The van der Waals surface area contributed by atoms with Gasteiger partial charge in [0.1, 0.15) is 34.0 Å². The number of fused-ring (bicyclic) bond motifs is 2. The lowest BCUT2D eigenvalue weighted by atomic mass is 10.0. The van der Waals surface area contributed by atoms with Gasteiger partial charge < -0.3 is 28.2 Å². The van der Waals surface area contributed by atoms with Crippen LogP contribution in [0.2, 0.25) is 0 Å². The summed E-state index contributed by atoms with van der Waals surface area (Å²) in [4.78, 5) is 12.8. The van der Waals surface area contributed by atoms with E-state index in [1.165, 1.54) is 14.2 Å². The molecule has 4 rings (SSSR count). The van der Waals surface area contributed by atoms with Gasteiger partial charge in [-0.15, -0.1) is 0 Å². The molecule has 2 heterocycles. The molecule has 0 atom stereocenters. The molecule has 0 aliphatic rings. The van der Waals surface area contributed by atoms with Crippen molar-refractivity contribution in [2.24, 2.45) is 0 Å². The quantitative estimate of drug-likeness (QED) is 0.466. The number of aromatic hydroxyl groups is 1. The molecule has 0 saturated heterocycles. The molecule has 0 aliphatic carbocycles. The number of hydrogen-bond donors (Lipinski definition) is 1. The Labute approximate surface area is 171 Å². The van der Waals surface area contributed by atoms with Crippen LogP contribution in [0, 0.1) is 0 Å². The van der Waals surface area contributed by atoms with E-state index in [0.717, 1.165) is 0 Å². The molecule has 30 heavy (non-hydrogen) atoms. The molecular weight excluding hydrogens is 388 g/mol. The molecule has 0 fully saturated rings. The maximum Gasteiger partial charge on any atom is 0.348 e. The second kappa shape index (κ2) is 7.18. The Hall–Kier alpha value is -3.87. The number of allylic oxidation sites excluding steroid dienone is 1. The highest BCUT2D eigenvalue weighted by atomic mass is 16.5. The van der Waals surface area contributed by atoms with Gasteiger partial charge >= 0.3 is 5.63 Å². The first-order chi connectivity index (χ1) is 14.4. The number of benzene rings is 2. The van der Waals surface area contributed by atoms with E-state index in [1.54, 1.807) is 44.4 Å². The van der Waals surface area contributed by atoms with Crippen LogP contribution in [0.4, 0.5) is 0 Å². The first-order valence-electron chi connectivity index (χ1n) is 9.08. The third kappa shape index (κ3) is 2.78. The van der Waals surface area contributed by atoms with Gasteiger partial charge in [-0.05, 0) is 36.3 Å². The van der Waals surface area contributed by atoms with Gasteiger partial charge in [0, 0.05) is 0 Å². The molecule has 7 nitrogen and oxygen atoms in total. The zero-order valence-corrected chi connectivity index (χ0v) is 17.0. The first-order valence-corrected chi connectivity index (χ1v) is 9.08. The van der Waals surface area contributed by atoms with E-state index in [9.17, 15) is 9.90 Å². The molecule has 0 amide bonds. The summed E-state index contributed by atoms with van der Waals surface area (Å²) in [6.07, 6.45) is 0. The standard InChI is InChI=1S/C23H20O7/c1-11(2)15-10-14-19(27-4)17-18(24)16(12-6-8-13(26-3)9-7-12)23(25)30-21(17)22(28-5)20(14)29-15/h6-10,24H,1H2,2-5H3. The summed E-state index contributed by atoms with van der Waals surface area (Å²) < 4.78 is 27.7. The van der Waals surface area contributed by atoms with Crippen LogP contribution in [-0.4, -0.2) is 26.4 Å². The Balaban J connectivity index is 2.15. The summed E-state index contributed by atoms with van der Waals surface area (Å²) in [6.45, 7) is 5.69. The van der Waals surface area contributed by atoms with Gasteiger partial charge in [0.05, 0.1) is 26.7 Å². The van der Waals surface area contributed by atoms with Crippen molar-refractivity contribution < 1.29 is 28.2 Å². The third-order valence-corrected chi connectivity index (χ3v) is 4.92. The van der Waals surface area contributed by atoms with Gasteiger partial charge in [0.2, 0.25) is 5.75 Å². The van der Waals surface area contributed by atoms with Crippen LogP contribution in [0.3, 0.4) is 0 Å². The van der Waals surface area contributed by atoms with Gasteiger partial charge in [0.25, 0.3) is 0 Å². The van der Waals surface area contributed by atoms with Crippen LogP contribution in [-0.2, 0) is 0 Å². The highest BCUT2D eigenvalue weighted by Crippen LogP contribution is 2.49. The molecule has 7 heteroatoms. The minimum Gasteiger partial charge on any atom is -0.506 e. The van der Waals surface area contributed by atoms with Gasteiger partial charge in [-0.1, -0.05) is 18.7 Å². The smallest absolute Gasteiger partial charge is 0.348 e. The van der Waals surface area contributed by atoms with Crippen LogP contribution in [0.15, 0.2) is 50.5 Å². The number of hydrogen-bond acceptors (Lipinski definition) is 7. The molecular formula is C23H20O7. The van der Waals surface area contributed by atoms with E-state index in [2.05, 4.69) is 6.58 Å². The number of rotatable bonds is 5. The largest absolute Gasteiger partial charge is 0.506 e. The molecule has 0 spiro atoms. The monoisotopic (exact) mass is 408 g/mol. The average Bonchev–Trinajstić information content (AvgIpc) is 3.18. The fraction of sp³-hybridized carbons (Fsp3) is 0.174. The van der Waals surface area contributed by atoms with Crippen LogP contribution in [0.25, 0.3) is 38.6 Å². The Morgan fingerprint density at radius 3 is 2.20 bits per heavy atom. The van der Waals surface area contributed by atoms with Crippen molar-refractivity contribution in [1.29, 1.82) is 0 Å². The van der Waals surface area contributed by atoms with Crippen molar-refractivity contribution in [2.45, 2.75) is 6.92 Å². The summed E-state index contributed by atoms with van der Waals surface area (Å²) >= 11 is 0. The van der Waals surface area contributed by atoms with Crippen LogP contribution in [0.1, 0.15) is 12.7 Å². The number of methoxy groups -OCH3 is 3. The van der Waals surface area contributed by atoms with Crippen molar-refractivity contribution >= 4 is 27.5 Å². The molecule has 2 aromatic heterocycles.